The first-order valence-electron chi connectivity index (χ1n) is 5.68. The fourth-order valence-electron chi connectivity index (χ4n) is 2.04. The van der Waals surface area contributed by atoms with Crippen molar-refractivity contribution < 1.29 is 9.13 Å². The minimum absolute atomic E-state index is 0.110. The third kappa shape index (κ3) is 2.40. The van der Waals surface area contributed by atoms with Crippen molar-refractivity contribution in [3.8, 4) is 6.07 Å². The zero-order valence-corrected chi connectivity index (χ0v) is 9.79. The van der Waals surface area contributed by atoms with Crippen LogP contribution in [0.1, 0.15) is 24.8 Å². The number of nitrogens with one attached hydrogen (secondary N) is 1. The fraction of sp³-hybridized carbons (Fsp3) is 0.462. The van der Waals surface area contributed by atoms with Crippen LogP contribution in [-0.2, 0) is 4.74 Å². The Kier molecular flexibility index (Phi) is 3.30. The Hall–Kier alpha value is -1.60. The summed E-state index contributed by atoms with van der Waals surface area (Å²) in [5, 5.41) is 12.1. The maximum absolute atomic E-state index is 12.9. The number of rotatable bonds is 4. The van der Waals surface area contributed by atoms with Crippen LogP contribution in [0.25, 0.3) is 0 Å². The summed E-state index contributed by atoms with van der Waals surface area (Å²) in [6.45, 7) is 0.657. The molecule has 1 aromatic carbocycles. The molecule has 90 valence electrons. The first-order chi connectivity index (χ1) is 8.19. The van der Waals surface area contributed by atoms with Crippen LogP contribution in [0.2, 0.25) is 0 Å². The van der Waals surface area contributed by atoms with Gasteiger partial charge in [0.2, 0.25) is 0 Å². The van der Waals surface area contributed by atoms with Crippen LogP contribution in [0, 0.1) is 17.1 Å². The molecule has 1 aliphatic rings. The number of ether oxygens (including phenoxy) is 1. The lowest BCUT2D eigenvalue weighted by atomic mass is 9.80. The molecular formula is C13H15FN2O. The van der Waals surface area contributed by atoms with Gasteiger partial charge in [-0.25, -0.2) is 4.39 Å². The molecule has 0 unspecified atom stereocenters. The molecule has 0 aliphatic heterocycles. The SMILES string of the molecule is COC1(CNc2ccc(F)cc2C#N)CCC1. The molecule has 2 rings (SSSR count). The van der Waals surface area contributed by atoms with Crippen LogP contribution in [-0.4, -0.2) is 19.3 Å². The van der Waals surface area contributed by atoms with E-state index in [0.29, 0.717) is 17.8 Å². The number of halogens is 1. The van der Waals surface area contributed by atoms with Crippen molar-refractivity contribution in [3.05, 3.63) is 29.6 Å². The van der Waals surface area contributed by atoms with E-state index in [1.807, 2.05) is 6.07 Å². The van der Waals surface area contributed by atoms with Gasteiger partial charge in [-0.2, -0.15) is 5.26 Å². The second-order valence-corrected chi connectivity index (χ2v) is 4.40. The summed E-state index contributed by atoms with van der Waals surface area (Å²) in [6, 6.07) is 6.17. The van der Waals surface area contributed by atoms with Gasteiger partial charge in [0, 0.05) is 13.7 Å². The van der Waals surface area contributed by atoms with Gasteiger partial charge < -0.3 is 10.1 Å². The minimum atomic E-state index is -0.391. The molecule has 1 fully saturated rings. The van der Waals surface area contributed by atoms with E-state index in [-0.39, 0.29) is 5.60 Å². The van der Waals surface area contributed by atoms with Crippen molar-refractivity contribution in [1.82, 2.24) is 0 Å². The number of nitriles is 1. The van der Waals surface area contributed by atoms with Gasteiger partial charge in [-0.3, -0.25) is 0 Å². The lowest BCUT2D eigenvalue weighted by Crippen LogP contribution is -2.45. The van der Waals surface area contributed by atoms with Crippen LogP contribution < -0.4 is 5.32 Å². The van der Waals surface area contributed by atoms with Crippen LogP contribution in [0.3, 0.4) is 0 Å². The lowest BCUT2D eigenvalue weighted by molar-refractivity contribution is -0.0601. The van der Waals surface area contributed by atoms with Gasteiger partial charge in [0.15, 0.2) is 0 Å². The van der Waals surface area contributed by atoms with Gasteiger partial charge in [-0.15, -0.1) is 0 Å². The highest BCUT2D eigenvalue weighted by molar-refractivity contribution is 5.57. The molecule has 0 spiro atoms. The van der Waals surface area contributed by atoms with Gasteiger partial charge in [0.25, 0.3) is 0 Å². The molecule has 3 nitrogen and oxygen atoms in total. The third-order valence-corrected chi connectivity index (χ3v) is 3.40. The molecule has 0 saturated heterocycles. The van der Waals surface area contributed by atoms with Crippen LogP contribution in [0.5, 0.6) is 0 Å². The van der Waals surface area contributed by atoms with E-state index in [1.54, 1.807) is 13.2 Å². The van der Waals surface area contributed by atoms with Crippen molar-refractivity contribution in [2.75, 3.05) is 19.0 Å². The molecule has 1 saturated carbocycles. The maximum atomic E-state index is 12.9. The van der Waals surface area contributed by atoms with Crippen molar-refractivity contribution in [1.29, 1.82) is 5.26 Å². The molecule has 1 aromatic rings. The molecule has 0 radical (unpaired) electrons. The molecule has 0 amide bonds. The molecule has 1 N–H and O–H groups in total. The maximum Gasteiger partial charge on any atom is 0.124 e. The summed E-state index contributed by atoms with van der Waals surface area (Å²) in [6.07, 6.45) is 3.23. The van der Waals surface area contributed by atoms with Gasteiger partial charge in [0.1, 0.15) is 11.9 Å². The van der Waals surface area contributed by atoms with Crippen molar-refractivity contribution in [3.63, 3.8) is 0 Å². The summed E-state index contributed by atoms with van der Waals surface area (Å²) in [5.41, 5.74) is 0.883. The van der Waals surface area contributed by atoms with Crippen molar-refractivity contribution >= 4 is 5.69 Å². The predicted molar refractivity (Wildman–Crippen MR) is 63.2 cm³/mol. The minimum Gasteiger partial charge on any atom is -0.381 e. The number of benzene rings is 1. The smallest absolute Gasteiger partial charge is 0.124 e. The largest absolute Gasteiger partial charge is 0.381 e. The highest BCUT2D eigenvalue weighted by atomic mass is 19.1. The molecule has 0 bridgehead atoms. The summed E-state index contributed by atoms with van der Waals surface area (Å²) in [4.78, 5) is 0. The summed E-state index contributed by atoms with van der Waals surface area (Å²) in [5.74, 6) is -0.391. The van der Waals surface area contributed by atoms with E-state index in [4.69, 9.17) is 10.00 Å². The summed E-state index contributed by atoms with van der Waals surface area (Å²) in [7, 11) is 1.71. The van der Waals surface area contributed by atoms with Crippen molar-refractivity contribution in [2.45, 2.75) is 24.9 Å². The van der Waals surface area contributed by atoms with Gasteiger partial charge in [-0.05, 0) is 37.5 Å². The van der Waals surface area contributed by atoms with Gasteiger partial charge in [-0.1, -0.05) is 0 Å². The Morgan fingerprint density at radius 1 is 1.53 bits per heavy atom. The molecule has 1 aliphatic carbocycles. The Labute approximate surface area is 100 Å². The Balaban J connectivity index is 2.06. The normalized spacial score (nSPS) is 17.0. The molecule has 0 atom stereocenters. The Morgan fingerprint density at radius 2 is 2.29 bits per heavy atom. The van der Waals surface area contributed by atoms with E-state index >= 15 is 0 Å². The van der Waals surface area contributed by atoms with Crippen molar-refractivity contribution in [2.24, 2.45) is 0 Å². The quantitative estimate of drug-likeness (QED) is 0.871. The molecule has 4 heteroatoms. The number of hydrogen-bond donors (Lipinski definition) is 1. The average molecular weight is 234 g/mol. The Morgan fingerprint density at radius 3 is 2.82 bits per heavy atom. The molecule has 0 heterocycles. The highest BCUT2D eigenvalue weighted by Crippen LogP contribution is 2.35. The average Bonchev–Trinajstić information content (AvgIpc) is 2.29. The second-order valence-electron chi connectivity index (χ2n) is 4.40. The van der Waals surface area contributed by atoms with E-state index in [0.717, 1.165) is 12.8 Å². The van der Waals surface area contributed by atoms with Crippen LogP contribution >= 0.6 is 0 Å². The van der Waals surface area contributed by atoms with Gasteiger partial charge >= 0.3 is 0 Å². The second kappa shape index (κ2) is 4.72. The lowest BCUT2D eigenvalue weighted by Gasteiger charge is -2.40. The Bertz CT molecular complexity index is 444. The van der Waals surface area contributed by atoms with Gasteiger partial charge in [0.05, 0.1) is 16.9 Å². The monoisotopic (exact) mass is 234 g/mol. The number of nitrogens with zero attached hydrogens (tertiary/aromatic N) is 1. The van der Waals surface area contributed by atoms with E-state index in [2.05, 4.69) is 5.32 Å². The topological polar surface area (TPSA) is 45.0 Å². The predicted octanol–water partition coefficient (Wildman–Crippen LogP) is 2.68. The third-order valence-electron chi connectivity index (χ3n) is 3.40. The van der Waals surface area contributed by atoms with Crippen LogP contribution in [0.4, 0.5) is 10.1 Å². The van der Waals surface area contributed by atoms with E-state index < -0.39 is 5.82 Å². The first kappa shape index (κ1) is 11.9. The number of hydrogen-bond acceptors (Lipinski definition) is 3. The number of anilines is 1. The van der Waals surface area contributed by atoms with Crippen LogP contribution in [0.15, 0.2) is 18.2 Å². The summed E-state index contributed by atoms with van der Waals surface area (Å²) < 4.78 is 18.4. The number of methoxy groups -OCH3 is 1. The fourth-order valence-corrected chi connectivity index (χ4v) is 2.04. The highest BCUT2D eigenvalue weighted by Gasteiger charge is 2.36. The zero-order chi connectivity index (χ0) is 12.3. The van der Waals surface area contributed by atoms with E-state index in [1.165, 1.54) is 18.6 Å². The molecule has 0 aromatic heterocycles. The van der Waals surface area contributed by atoms with E-state index in [9.17, 15) is 4.39 Å². The first-order valence-corrected chi connectivity index (χ1v) is 5.68. The molecule has 17 heavy (non-hydrogen) atoms. The summed E-state index contributed by atoms with van der Waals surface area (Å²) >= 11 is 0. The standard InChI is InChI=1S/C13H15FN2O/c1-17-13(5-2-6-13)9-16-12-4-3-11(14)7-10(12)8-15/h3-4,7,16H,2,5-6,9H2,1H3. The zero-order valence-electron chi connectivity index (χ0n) is 9.79. The molecular weight excluding hydrogens is 219 g/mol.